The highest BCUT2D eigenvalue weighted by atomic mass is 32.2. The molecule has 22 heavy (non-hydrogen) atoms. The summed E-state index contributed by atoms with van der Waals surface area (Å²) in [7, 11) is -2.79. The lowest BCUT2D eigenvalue weighted by Crippen LogP contribution is -2.41. The standard InChI is InChI=1S/C16H29N3O2S/c1-2-7-17-16(18-10-13-6-9-22(20,21)12-13)19-8-5-15(11-19)14-3-4-14/h13-15H,2-12H2,1H3,(H,17,18). The maximum atomic E-state index is 11.6. The van der Waals surface area contributed by atoms with E-state index in [1.807, 2.05) is 0 Å². The first-order valence-electron chi connectivity index (χ1n) is 8.81. The van der Waals surface area contributed by atoms with Crippen LogP contribution in [0.2, 0.25) is 0 Å². The Bertz CT molecular complexity index is 513. The first kappa shape index (κ1) is 16.1. The number of guanidine groups is 1. The fourth-order valence-corrected chi connectivity index (χ4v) is 5.52. The minimum atomic E-state index is -2.79. The molecule has 2 unspecified atom stereocenters. The zero-order chi connectivity index (χ0) is 15.6. The van der Waals surface area contributed by atoms with Gasteiger partial charge in [0.15, 0.2) is 15.8 Å². The average Bonchev–Trinajstić information content (AvgIpc) is 3.12. The molecule has 0 radical (unpaired) electrons. The van der Waals surface area contributed by atoms with Crippen molar-refractivity contribution in [2.45, 2.75) is 39.0 Å². The largest absolute Gasteiger partial charge is 0.356 e. The topological polar surface area (TPSA) is 61.8 Å². The summed E-state index contributed by atoms with van der Waals surface area (Å²) in [5.41, 5.74) is 0. The van der Waals surface area contributed by atoms with Crippen LogP contribution >= 0.6 is 0 Å². The number of hydrogen-bond donors (Lipinski definition) is 1. The second-order valence-electron chi connectivity index (χ2n) is 7.19. The van der Waals surface area contributed by atoms with Gasteiger partial charge in [0.25, 0.3) is 0 Å². The zero-order valence-electron chi connectivity index (χ0n) is 13.6. The second-order valence-corrected chi connectivity index (χ2v) is 9.42. The van der Waals surface area contributed by atoms with Crippen molar-refractivity contribution >= 4 is 15.8 Å². The summed E-state index contributed by atoms with van der Waals surface area (Å²) in [5.74, 6) is 3.69. The smallest absolute Gasteiger partial charge is 0.193 e. The van der Waals surface area contributed by atoms with Crippen molar-refractivity contribution in [2.24, 2.45) is 22.7 Å². The molecule has 2 aliphatic heterocycles. The molecule has 0 aromatic carbocycles. The predicted octanol–water partition coefficient (Wildman–Crippen LogP) is 1.51. The van der Waals surface area contributed by atoms with Gasteiger partial charge in [-0.1, -0.05) is 6.92 Å². The molecule has 5 nitrogen and oxygen atoms in total. The van der Waals surface area contributed by atoms with E-state index >= 15 is 0 Å². The van der Waals surface area contributed by atoms with Gasteiger partial charge in [-0.05, 0) is 49.9 Å². The minimum Gasteiger partial charge on any atom is -0.356 e. The third-order valence-electron chi connectivity index (χ3n) is 5.17. The Kier molecular flexibility index (Phi) is 4.95. The lowest BCUT2D eigenvalue weighted by molar-refractivity contribution is 0.433. The molecule has 3 fully saturated rings. The normalized spacial score (nSPS) is 31.7. The van der Waals surface area contributed by atoms with Crippen molar-refractivity contribution < 1.29 is 8.42 Å². The van der Waals surface area contributed by atoms with Crippen LogP contribution in [0, 0.1) is 17.8 Å². The maximum Gasteiger partial charge on any atom is 0.193 e. The van der Waals surface area contributed by atoms with Gasteiger partial charge in [-0.2, -0.15) is 0 Å². The molecule has 0 amide bonds. The van der Waals surface area contributed by atoms with Crippen LogP contribution in [-0.2, 0) is 9.84 Å². The molecule has 1 N–H and O–H groups in total. The molecule has 126 valence electrons. The Hall–Kier alpha value is -0.780. The molecule has 0 bridgehead atoms. The summed E-state index contributed by atoms with van der Waals surface area (Å²) in [6.45, 7) is 5.97. The number of nitrogens with one attached hydrogen (secondary N) is 1. The lowest BCUT2D eigenvalue weighted by Gasteiger charge is -2.22. The summed E-state index contributed by atoms with van der Waals surface area (Å²) in [6.07, 6.45) is 5.96. The van der Waals surface area contributed by atoms with E-state index in [0.717, 1.165) is 50.3 Å². The number of nitrogens with zero attached hydrogens (tertiary/aromatic N) is 2. The van der Waals surface area contributed by atoms with E-state index < -0.39 is 9.84 Å². The third-order valence-corrected chi connectivity index (χ3v) is 7.01. The van der Waals surface area contributed by atoms with Crippen molar-refractivity contribution in [3.8, 4) is 0 Å². The first-order chi connectivity index (χ1) is 10.6. The number of rotatable bonds is 5. The summed E-state index contributed by atoms with van der Waals surface area (Å²) in [4.78, 5) is 7.16. The Morgan fingerprint density at radius 3 is 2.68 bits per heavy atom. The van der Waals surface area contributed by atoms with Gasteiger partial charge in [-0.3, -0.25) is 4.99 Å². The van der Waals surface area contributed by atoms with Gasteiger partial charge in [0.05, 0.1) is 11.5 Å². The molecule has 2 heterocycles. The van der Waals surface area contributed by atoms with Crippen LogP contribution in [0.1, 0.15) is 39.0 Å². The fourth-order valence-electron chi connectivity index (χ4n) is 3.67. The van der Waals surface area contributed by atoms with Crippen LogP contribution in [0.25, 0.3) is 0 Å². The highest BCUT2D eigenvalue weighted by molar-refractivity contribution is 7.91. The molecule has 2 atom stereocenters. The van der Waals surface area contributed by atoms with Crippen molar-refractivity contribution in [3.05, 3.63) is 0 Å². The van der Waals surface area contributed by atoms with Gasteiger partial charge >= 0.3 is 0 Å². The number of hydrogen-bond acceptors (Lipinski definition) is 3. The molecular formula is C16H29N3O2S. The quantitative estimate of drug-likeness (QED) is 0.614. The highest BCUT2D eigenvalue weighted by Gasteiger charge is 2.36. The van der Waals surface area contributed by atoms with Crippen LogP contribution in [0.15, 0.2) is 4.99 Å². The third kappa shape index (κ3) is 4.15. The molecule has 0 aromatic rings. The van der Waals surface area contributed by atoms with Crippen molar-refractivity contribution in [3.63, 3.8) is 0 Å². The van der Waals surface area contributed by atoms with E-state index in [9.17, 15) is 8.42 Å². The second kappa shape index (κ2) is 6.77. The van der Waals surface area contributed by atoms with Gasteiger partial charge in [0, 0.05) is 26.2 Å². The average molecular weight is 327 g/mol. The molecule has 3 aliphatic rings. The molecule has 2 saturated heterocycles. The van der Waals surface area contributed by atoms with Crippen LogP contribution in [-0.4, -0.2) is 57.0 Å². The van der Waals surface area contributed by atoms with E-state index in [-0.39, 0.29) is 5.92 Å². The van der Waals surface area contributed by atoms with E-state index in [2.05, 4.69) is 17.1 Å². The van der Waals surface area contributed by atoms with Crippen LogP contribution in [0.3, 0.4) is 0 Å². The van der Waals surface area contributed by atoms with Crippen LogP contribution < -0.4 is 5.32 Å². The van der Waals surface area contributed by atoms with Crippen molar-refractivity contribution in [1.82, 2.24) is 10.2 Å². The maximum absolute atomic E-state index is 11.6. The molecule has 6 heteroatoms. The minimum absolute atomic E-state index is 0.213. The van der Waals surface area contributed by atoms with Gasteiger partial charge in [0.2, 0.25) is 0 Å². The summed E-state index contributed by atoms with van der Waals surface area (Å²) in [5, 5.41) is 3.46. The fraction of sp³-hybridized carbons (Fsp3) is 0.938. The van der Waals surface area contributed by atoms with E-state index in [1.165, 1.54) is 19.3 Å². The van der Waals surface area contributed by atoms with Gasteiger partial charge in [-0.25, -0.2) is 8.42 Å². The molecule has 1 aliphatic carbocycles. The molecule has 1 saturated carbocycles. The monoisotopic (exact) mass is 327 g/mol. The Labute approximate surface area is 134 Å². The Morgan fingerprint density at radius 1 is 1.23 bits per heavy atom. The highest BCUT2D eigenvalue weighted by Crippen LogP contribution is 2.41. The van der Waals surface area contributed by atoms with Gasteiger partial charge in [0.1, 0.15) is 0 Å². The van der Waals surface area contributed by atoms with Crippen LogP contribution in [0.4, 0.5) is 0 Å². The van der Waals surface area contributed by atoms with Gasteiger partial charge in [-0.15, -0.1) is 0 Å². The first-order valence-corrected chi connectivity index (χ1v) is 10.6. The van der Waals surface area contributed by atoms with Gasteiger partial charge < -0.3 is 10.2 Å². The molecule has 0 aromatic heterocycles. The molecular weight excluding hydrogens is 298 g/mol. The SMILES string of the molecule is CCCNC(=NCC1CCS(=O)(=O)C1)N1CCC(C2CC2)C1. The Balaban J connectivity index is 1.57. The van der Waals surface area contributed by atoms with Crippen LogP contribution in [0.5, 0.6) is 0 Å². The van der Waals surface area contributed by atoms with E-state index in [4.69, 9.17) is 4.99 Å². The molecule has 0 spiro atoms. The predicted molar refractivity (Wildman–Crippen MR) is 89.8 cm³/mol. The van der Waals surface area contributed by atoms with Crippen molar-refractivity contribution in [2.75, 3.05) is 37.7 Å². The number of likely N-dealkylation sites (tertiary alicyclic amines) is 1. The van der Waals surface area contributed by atoms with Crippen molar-refractivity contribution in [1.29, 1.82) is 0 Å². The summed E-state index contributed by atoms with van der Waals surface area (Å²) < 4.78 is 23.1. The van der Waals surface area contributed by atoms with E-state index in [1.54, 1.807) is 0 Å². The molecule has 3 rings (SSSR count). The summed E-state index contributed by atoms with van der Waals surface area (Å²) >= 11 is 0. The lowest BCUT2D eigenvalue weighted by atomic mass is 10.0. The number of aliphatic imine (C=N–C) groups is 1. The Morgan fingerprint density at radius 2 is 2.05 bits per heavy atom. The zero-order valence-corrected chi connectivity index (χ0v) is 14.4. The van der Waals surface area contributed by atoms with E-state index in [0.29, 0.717) is 18.1 Å². The summed E-state index contributed by atoms with van der Waals surface area (Å²) in [6, 6.07) is 0. The number of sulfone groups is 1.